The monoisotopic (exact) mass is 334 g/mol. The summed E-state index contributed by atoms with van der Waals surface area (Å²) in [5.41, 5.74) is 4.61. The number of aromatic nitrogens is 2. The number of ether oxygens (including phenoxy) is 1. The van der Waals surface area contributed by atoms with Gasteiger partial charge in [0, 0.05) is 16.5 Å². The van der Waals surface area contributed by atoms with Gasteiger partial charge in [0.2, 0.25) is 0 Å². The van der Waals surface area contributed by atoms with Crippen LogP contribution < -0.4 is 5.56 Å². The van der Waals surface area contributed by atoms with Gasteiger partial charge in [-0.15, -0.1) is 0 Å². The third kappa shape index (κ3) is 2.31. The molecule has 3 rings (SSSR count). The first-order valence-corrected chi connectivity index (χ1v) is 7.32. The summed E-state index contributed by atoms with van der Waals surface area (Å²) in [4.78, 5) is 19.6. The molecule has 0 amide bonds. The van der Waals surface area contributed by atoms with E-state index in [4.69, 9.17) is 4.74 Å². The summed E-state index contributed by atoms with van der Waals surface area (Å²) >= 11 is 3.55. The number of aromatic amines is 1. The van der Waals surface area contributed by atoms with Crippen LogP contribution in [0.25, 0.3) is 11.4 Å². The topological polar surface area (TPSA) is 55.0 Å². The molecule has 0 bridgehead atoms. The number of nitrogens with one attached hydrogen (secondary N) is 1. The van der Waals surface area contributed by atoms with Crippen molar-refractivity contribution < 1.29 is 4.74 Å². The van der Waals surface area contributed by atoms with E-state index in [1.165, 1.54) is 0 Å². The molecule has 0 unspecified atom stereocenters. The van der Waals surface area contributed by atoms with Crippen molar-refractivity contribution in [2.24, 2.45) is 0 Å². The summed E-state index contributed by atoms with van der Waals surface area (Å²) in [7, 11) is 0. The molecule has 104 valence electrons. The fraction of sp³-hybridized carbons (Fsp3) is 0.333. The third-order valence-electron chi connectivity index (χ3n) is 3.54. The number of hydrogen-bond donors (Lipinski definition) is 1. The predicted octanol–water partition coefficient (Wildman–Crippen LogP) is 2.89. The molecule has 4 nitrogen and oxygen atoms in total. The maximum absolute atomic E-state index is 12.1. The van der Waals surface area contributed by atoms with Gasteiger partial charge in [0.1, 0.15) is 5.82 Å². The highest BCUT2D eigenvalue weighted by atomic mass is 79.9. The van der Waals surface area contributed by atoms with E-state index in [0.29, 0.717) is 31.0 Å². The van der Waals surface area contributed by atoms with Gasteiger partial charge in [0.15, 0.2) is 0 Å². The van der Waals surface area contributed by atoms with E-state index < -0.39 is 0 Å². The fourth-order valence-corrected chi connectivity index (χ4v) is 2.69. The van der Waals surface area contributed by atoms with E-state index >= 15 is 0 Å². The summed E-state index contributed by atoms with van der Waals surface area (Å²) < 4.78 is 6.40. The van der Waals surface area contributed by atoms with Gasteiger partial charge in [0.25, 0.3) is 5.56 Å². The minimum atomic E-state index is -0.0945. The van der Waals surface area contributed by atoms with Crippen LogP contribution in [0.2, 0.25) is 0 Å². The highest BCUT2D eigenvalue weighted by Crippen LogP contribution is 2.27. The zero-order chi connectivity index (χ0) is 14.3. The molecule has 0 radical (unpaired) electrons. The molecule has 1 aliphatic rings. The van der Waals surface area contributed by atoms with Crippen LogP contribution in [-0.4, -0.2) is 16.6 Å². The molecule has 0 saturated carbocycles. The lowest BCUT2D eigenvalue weighted by Crippen LogP contribution is -2.24. The number of hydrogen-bond acceptors (Lipinski definition) is 3. The second-order valence-corrected chi connectivity index (χ2v) is 5.86. The van der Waals surface area contributed by atoms with Crippen LogP contribution in [0, 0.1) is 13.8 Å². The Bertz CT molecular complexity index is 714. The van der Waals surface area contributed by atoms with Crippen LogP contribution in [0.3, 0.4) is 0 Å². The first-order valence-electron chi connectivity index (χ1n) is 6.53. The van der Waals surface area contributed by atoms with Gasteiger partial charge in [-0.05, 0) is 37.1 Å². The smallest absolute Gasteiger partial charge is 0.256 e. The molecule has 0 atom stereocenters. The van der Waals surface area contributed by atoms with Crippen molar-refractivity contribution in [3.63, 3.8) is 0 Å². The van der Waals surface area contributed by atoms with Crippen molar-refractivity contribution in [1.82, 2.24) is 9.97 Å². The number of aryl methyl sites for hydroxylation is 2. The van der Waals surface area contributed by atoms with Crippen LogP contribution in [-0.2, 0) is 17.8 Å². The number of rotatable bonds is 1. The molecule has 20 heavy (non-hydrogen) atoms. The standard InChI is InChI=1S/C15H15BrN2O2/c1-8-5-10(6-9(2)13(8)16)14-17-12-3-4-20-7-11(12)15(19)18-14/h5-6H,3-4,7H2,1-2H3,(H,17,18,19). The van der Waals surface area contributed by atoms with Crippen LogP contribution in [0.15, 0.2) is 21.4 Å². The molecule has 0 aliphatic carbocycles. The molecule has 1 aliphatic heterocycles. The lowest BCUT2D eigenvalue weighted by molar-refractivity contribution is 0.108. The molecule has 1 N–H and O–H groups in total. The van der Waals surface area contributed by atoms with E-state index in [-0.39, 0.29) is 5.56 Å². The average Bonchev–Trinajstić information content (AvgIpc) is 2.44. The molecule has 0 saturated heterocycles. The normalized spacial score (nSPS) is 14.2. The Labute approximate surface area is 125 Å². The van der Waals surface area contributed by atoms with E-state index in [0.717, 1.165) is 26.9 Å². The number of halogens is 1. The maximum Gasteiger partial charge on any atom is 0.256 e. The second kappa shape index (κ2) is 5.14. The molecule has 0 spiro atoms. The Hall–Kier alpha value is -1.46. The number of H-pyrrole nitrogens is 1. The van der Waals surface area contributed by atoms with Gasteiger partial charge in [-0.25, -0.2) is 4.98 Å². The van der Waals surface area contributed by atoms with E-state index in [1.54, 1.807) is 0 Å². The number of fused-ring (bicyclic) bond motifs is 1. The Morgan fingerprint density at radius 2 is 2.00 bits per heavy atom. The van der Waals surface area contributed by atoms with Gasteiger partial charge in [-0.2, -0.15) is 0 Å². The highest BCUT2D eigenvalue weighted by Gasteiger charge is 2.17. The van der Waals surface area contributed by atoms with Crippen molar-refractivity contribution in [2.75, 3.05) is 6.61 Å². The average molecular weight is 335 g/mol. The Morgan fingerprint density at radius 1 is 1.30 bits per heavy atom. The molecule has 0 fully saturated rings. The second-order valence-electron chi connectivity index (χ2n) is 5.07. The zero-order valence-electron chi connectivity index (χ0n) is 11.4. The third-order valence-corrected chi connectivity index (χ3v) is 4.79. The van der Waals surface area contributed by atoms with Gasteiger partial charge in [0.05, 0.1) is 24.5 Å². The first-order chi connectivity index (χ1) is 9.56. The summed E-state index contributed by atoms with van der Waals surface area (Å²) in [5.74, 6) is 0.634. The van der Waals surface area contributed by atoms with Crippen LogP contribution in [0.4, 0.5) is 0 Å². The van der Waals surface area contributed by atoms with Gasteiger partial charge in [-0.1, -0.05) is 15.9 Å². The minimum Gasteiger partial charge on any atom is -0.376 e. The van der Waals surface area contributed by atoms with Crippen molar-refractivity contribution in [3.8, 4) is 11.4 Å². The fourth-order valence-electron chi connectivity index (χ4n) is 2.46. The molecule has 2 aromatic rings. The van der Waals surface area contributed by atoms with E-state index in [9.17, 15) is 4.79 Å². The molecule has 2 heterocycles. The first kappa shape index (κ1) is 13.5. The predicted molar refractivity (Wildman–Crippen MR) is 80.8 cm³/mol. The largest absolute Gasteiger partial charge is 0.376 e. The van der Waals surface area contributed by atoms with Gasteiger partial charge >= 0.3 is 0 Å². The summed E-state index contributed by atoms with van der Waals surface area (Å²) in [6, 6.07) is 4.06. The van der Waals surface area contributed by atoms with Crippen molar-refractivity contribution in [3.05, 3.63) is 49.3 Å². The minimum absolute atomic E-state index is 0.0945. The lowest BCUT2D eigenvalue weighted by atomic mass is 10.1. The Kier molecular flexibility index (Phi) is 3.48. The lowest BCUT2D eigenvalue weighted by Gasteiger charge is -2.16. The quantitative estimate of drug-likeness (QED) is 0.872. The molecular weight excluding hydrogens is 320 g/mol. The van der Waals surface area contributed by atoms with Crippen molar-refractivity contribution >= 4 is 15.9 Å². The van der Waals surface area contributed by atoms with Crippen molar-refractivity contribution in [2.45, 2.75) is 26.9 Å². The molecule has 1 aromatic carbocycles. The summed E-state index contributed by atoms with van der Waals surface area (Å²) in [6.45, 7) is 5.05. The number of nitrogens with zero attached hydrogens (tertiary/aromatic N) is 1. The van der Waals surface area contributed by atoms with E-state index in [2.05, 4.69) is 25.9 Å². The molecule has 5 heteroatoms. The van der Waals surface area contributed by atoms with Gasteiger partial charge < -0.3 is 9.72 Å². The van der Waals surface area contributed by atoms with Crippen molar-refractivity contribution in [1.29, 1.82) is 0 Å². The Morgan fingerprint density at radius 3 is 2.70 bits per heavy atom. The summed E-state index contributed by atoms with van der Waals surface area (Å²) in [6.07, 6.45) is 0.695. The zero-order valence-corrected chi connectivity index (χ0v) is 13.0. The SMILES string of the molecule is Cc1cc(-c2nc3c(c(=O)[nH]2)COCC3)cc(C)c1Br. The highest BCUT2D eigenvalue weighted by molar-refractivity contribution is 9.10. The van der Waals surface area contributed by atoms with Crippen LogP contribution in [0.1, 0.15) is 22.4 Å². The van der Waals surface area contributed by atoms with Gasteiger partial charge in [-0.3, -0.25) is 4.79 Å². The maximum atomic E-state index is 12.1. The summed E-state index contributed by atoms with van der Waals surface area (Å²) in [5, 5.41) is 0. The number of benzene rings is 1. The van der Waals surface area contributed by atoms with Crippen LogP contribution >= 0.6 is 15.9 Å². The molecular formula is C15H15BrN2O2. The molecule has 1 aromatic heterocycles. The van der Waals surface area contributed by atoms with Crippen LogP contribution in [0.5, 0.6) is 0 Å². The Balaban J connectivity index is 2.16. The van der Waals surface area contributed by atoms with E-state index in [1.807, 2.05) is 26.0 Å².